The molecule has 0 aromatic carbocycles. The van der Waals surface area contributed by atoms with Gasteiger partial charge in [0.1, 0.15) is 0 Å². The molecule has 0 bridgehead atoms. The van der Waals surface area contributed by atoms with E-state index < -0.39 is 0 Å². The van der Waals surface area contributed by atoms with Gasteiger partial charge in [-0.15, -0.1) is 0 Å². The normalized spacial score (nSPS) is 19.9. The first-order valence-corrected chi connectivity index (χ1v) is 6.81. The van der Waals surface area contributed by atoms with Crippen molar-refractivity contribution in [3.8, 4) is 0 Å². The van der Waals surface area contributed by atoms with Crippen LogP contribution in [0.5, 0.6) is 0 Å². The van der Waals surface area contributed by atoms with E-state index in [1.807, 2.05) is 6.08 Å². The van der Waals surface area contributed by atoms with Crippen molar-refractivity contribution in [1.82, 2.24) is 0 Å². The van der Waals surface area contributed by atoms with Crippen molar-refractivity contribution in [1.29, 1.82) is 0 Å². The molecular weight excluding hydrogens is 204 g/mol. The van der Waals surface area contributed by atoms with Crippen LogP contribution in [0.3, 0.4) is 0 Å². The Labute approximate surface area is 107 Å². The molecule has 0 spiro atoms. The lowest BCUT2D eigenvalue weighted by molar-refractivity contribution is 0.539. The summed E-state index contributed by atoms with van der Waals surface area (Å²) in [6.07, 6.45) is 14.7. The second kappa shape index (κ2) is 7.32. The van der Waals surface area contributed by atoms with Gasteiger partial charge in [-0.3, -0.25) is 0 Å². The largest absolute Gasteiger partial charge is 0.0988 e. The van der Waals surface area contributed by atoms with Crippen LogP contribution < -0.4 is 0 Å². The maximum atomic E-state index is 4.01. The molecule has 17 heavy (non-hydrogen) atoms. The van der Waals surface area contributed by atoms with Gasteiger partial charge in [-0.25, -0.2) is 0 Å². The Morgan fingerprint density at radius 3 is 2.06 bits per heavy atom. The molecule has 1 saturated carbocycles. The minimum absolute atomic E-state index is 0.726. The van der Waals surface area contributed by atoms with Gasteiger partial charge in [0, 0.05) is 0 Å². The second-order valence-electron chi connectivity index (χ2n) is 5.27. The summed E-state index contributed by atoms with van der Waals surface area (Å²) >= 11 is 0. The lowest BCUT2D eigenvalue weighted by atomic mass is 9.89. The molecule has 1 rings (SSSR count). The highest BCUT2D eigenvalue weighted by Crippen LogP contribution is 2.30. The Bertz CT molecular complexity index is 320. The van der Waals surface area contributed by atoms with Crippen LogP contribution >= 0.6 is 0 Å². The van der Waals surface area contributed by atoms with Gasteiger partial charge in [-0.05, 0) is 38.2 Å². The maximum Gasteiger partial charge on any atom is -0.0162 e. The molecule has 0 aromatic heterocycles. The molecule has 0 heterocycles. The van der Waals surface area contributed by atoms with Gasteiger partial charge in [-0.2, -0.15) is 0 Å². The van der Waals surface area contributed by atoms with Gasteiger partial charge in [0.2, 0.25) is 0 Å². The van der Waals surface area contributed by atoms with E-state index in [4.69, 9.17) is 0 Å². The van der Waals surface area contributed by atoms with Crippen molar-refractivity contribution < 1.29 is 0 Å². The summed E-state index contributed by atoms with van der Waals surface area (Å²) in [7, 11) is 0. The SMILES string of the molecule is C=C/C(C)=C\C(=C/C(=C)C)C1CCCCCC1. The lowest BCUT2D eigenvalue weighted by Crippen LogP contribution is -2.02. The zero-order chi connectivity index (χ0) is 12.7. The van der Waals surface area contributed by atoms with Crippen LogP contribution in [0.4, 0.5) is 0 Å². The highest BCUT2D eigenvalue weighted by molar-refractivity contribution is 5.34. The molecule has 0 aromatic rings. The average molecular weight is 230 g/mol. The fraction of sp³-hybridized carbons (Fsp3) is 0.529. The number of allylic oxidation sites excluding steroid dienone is 6. The number of rotatable bonds is 4. The smallest absolute Gasteiger partial charge is 0.0162 e. The van der Waals surface area contributed by atoms with Crippen LogP contribution in [0.25, 0.3) is 0 Å². The van der Waals surface area contributed by atoms with Crippen molar-refractivity contribution in [2.75, 3.05) is 0 Å². The van der Waals surface area contributed by atoms with Crippen LogP contribution in [0.2, 0.25) is 0 Å². The molecule has 0 heteroatoms. The van der Waals surface area contributed by atoms with E-state index in [1.165, 1.54) is 49.7 Å². The standard InChI is InChI=1S/C17H26/c1-5-15(4)13-17(12-14(2)3)16-10-8-6-7-9-11-16/h5,12-13,16H,1-2,6-11H2,3-4H3/b15-13-,17-12+. The van der Waals surface area contributed by atoms with Gasteiger partial charge in [0.05, 0.1) is 0 Å². The summed E-state index contributed by atoms with van der Waals surface area (Å²) in [5, 5.41) is 0. The van der Waals surface area contributed by atoms with E-state index in [9.17, 15) is 0 Å². The van der Waals surface area contributed by atoms with Crippen LogP contribution in [0.1, 0.15) is 52.4 Å². The predicted molar refractivity (Wildman–Crippen MR) is 78.0 cm³/mol. The monoisotopic (exact) mass is 230 g/mol. The number of hydrogen-bond donors (Lipinski definition) is 0. The molecule has 0 atom stereocenters. The summed E-state index contributed by atoms with van der Waals surface area (Å²) in [4.78, 5) is 0. The molecule has 94 valence electrons. The Morgan fingerprint density at radius 2 is 1.59 bits per heavy atom. The summed E-state index contributed by atoms with van der Waals surface area (Å²) in [6, 6.07) is 0. The molecule has 0 radical (unpaired) electrons. The Kier molecular flexibility index (Phi) is 6.04. The molecular formula is C17H26. The first-order valence-electron chi connectivity index (χ1n) is 6.81. The Hall–Kier alpha value is -1.04. The molecule has 0 N–H and O–H groups in total. The Morgan fingerprint density at radius 1 is 1.00 bits per heavy atom. The third-order valence-electron chi connectivity index (χ3n) is 3.46. The van der Waals surface area contributed by atoms with E-state index in [0.29, 0.717) is 0 Å². The van der Waals surface area contributed by atoms with Crippen LogP contribution in [-0.4, -0.2) is 0 Å². The summed E-state index contributed by atoms with van der Waals surface area (Å²) < 4.78 is 0. The van der Waals surface area contributed by atoms with E-state index in [2.05, 4.69) is 39.2 Å². The van der Waals surface area contributed by atoms with Gasteiger partial charge in [0.15, 0.2) is 0 Å². The first-order chi connectivity index (χ1) is 8.13. The fourth-order valence-electron chi connectivity index (χ4n) is 2.50. The fourth-order valence-corrected chi connectivity index (χ4v) is 2.50. The third kappa shape index (κ3) is 5.21. The van der Waals surface area contributed by atoms with E-state index in [0.717, 1.165) is 11.5 Å². The van der Waals surface area contributed by atoms with Crippen molar-refractivity contribution in [3.05, 3.63) is 48.1 Å². The van der Waals surface area contributed by atoms with E-state index in [1.54, 1.807) is 0 Å². The van der Waals surface area contributed by atoms with E-state index in [-0.39, 0.29) is 0 Å². The topological polar surface area (TPSA) is 0 Å². The van der Waals surface area contributed by atoms with Crippen molar-refractivity contribution in [2.45, 2.75) is 52.4 Å². The van der Waals surface area contributed by atoms with Crippen LogP contribution in [0.15, 0.2) is 48.1 Å². The van der Waals surface area contributed by atoms with E-state index >= 15 is 0 Å². The van der Waals surface area contributed by atoms with Gasteiger partial charge in [-0.1, -0.05) is 68.2 Å². The molecule has 0 saturated heterocycles. The molecule has 1 fully saturated rings. The zero-order valence-electron chi connectivity index (χ0n) is 11.5. The van der Waals surface area contributed by atoms with Gasteiger partial charge < -0.3 is 0 Å². The summed E-state index contributed by atoms with van der Waals surface area (Å²) in [5.41, 5.74) is 3.86. The summed E-state index contributed by atoms with van der Waals surface area (Å²) in [6.45, 7) is 12.1. The highest BCUT2D eigenvalue weighted by atomic mass is 14.2. The van der Waals surface area contributed by atoms with Crippen LogP contribution in [0, 0.1) is 5.92 Å². The van der Waals surface area contributed by atoms with Crippen molar-refractivity contribution in [2.24, 2.45) is 5.92 Å². The van der Waals surface area contributed by atoms with Crippen molar-refractivity contribution in [3.63, 3.8) is 0 Å². The Balaban J connectivity index is 2.88. The summed E-state index contributed by atoms with van der Waals surface area (Å²) in [5.74, 6) is 0.726. The quantitative estimate of drug-likeness (QED) is 0.436. The number of hydrogen-bond acceptors (Lipinski definition) is 0. The molecule has 0 nitrogen and oxygen atoms in total. The molecule has 1 aliphatic carbocycles. The molecule has 0 aliphatic heterocycles. The third-order valence-corrected chi connectivity index (χ3v) is 3.46. The molecule has 1 aliphatic rings. The zero-order valence-corrected chi connectivity index (χ0v) is 11.5. The second-order valence-corrected chi connectivity index (χ2v) is 5.27. The van der Waals surface area contributed by atoms with Crippen LogP contribution in [-0.2, 0) is 0 Å². The lowest BCUT2D eigenvalue weighted by Gasteiger charge is -2.16. The minimum atomic E-state index is 0.726. The average Bonchev–Trinajstić information content (AvgIpc) is 2.55. The predicted octanol–water partition coefficient (Wildman–Crippen LogP) is 5.59. The van der Waals surface area contributed by atoms with Gasteiger partial charge >= 0.3 is 0 Å². The maximum absolute atomic E-state index is 4.01. The van der Waals surface area contributed by atoms with Gasteiger partial charge in [0.25, 0.3) is 0 Å². The van der Waals surface area contributed by atoms with Crippen molar-refractivity contribution >= 4 is 0 Å². The minimum Gasteiger partial charge on any atom is -0.0988 e. The highest BCUT2D eigenvalue weighted by Gasteiger charge is 2.15. The molecule has 0 amide bonds. The molecule has 0 unspecified atom stereocenters. The first kappa shape index (κ1) is 14.0.